The third-order valence-corrected chi connectivity index (χ3v) is 11.1. The van der Waals surface area contributed by atoms with Gasteiger partial charge in [0.05, 0.1) is 24.1 Å². The standard InChI is InChI=1S/C35H48ClN5O8S/c1-34(2,3)48-33(45)38-27(13-8-6-4-5-7-10-23-14-15-23)32(44)41-22-35(19-28(39-49-35)24-11-9-12-25(36)18-24)20-29(41)31(43)37-21-30(42)40-50(46,47)26-16-17-26/h7,9-12,18,23,26-27,29H,4-6,8,13-17,19-22H2,1-3H3,(H,37,43)(H,38,45)(H,40,42)/t27-,29-,35-/m0/s1. The van der Waals surface area contributed by atoms with Crippen LogP contribution in [-0.4, -0.2) is 84.5 Å². The minimum absolute atomic E-state index is 0.0157. The number of hydrogen-bond donors (Lipinski definition) is 3. The molecule has 15 heteroatoms. The Morgan fingerprint density at radius 3 is 2.58 bits per heavy atom. The number of benzene rings is 1. The molecule has 1 aromatic rings. The fourth-order valence-electron chi connectivity index (χ4n) is 6.17. The van der Waals surface area contributed by atoms with E-state index in [-0.39, 0.29) is 19.4 Å². The van der Waals surface area contributed by atoms with Gasteiger partial charge in [0.25, 0.3) is 5.91 Å². The number of oxime groups is 1. The lowest BCUT2D eigenvalue weighted by Gasteiger charge is -2.29. The Balaban J connectivity index is 1.30. The van der Waals surface area contributed by atoms with Gasteiger partial charge < -0.3 is 25.1 Å². The maximum atomic E-state index is 14.3. The molecule has 2 saturated carbocycles. The number of carbonyl (C=O) groups excluding carboxylic acids is 4. The van der Waals surface area contributed by atoms with Crippen molar-refractivity contribution in [3.8, 4) is 0 Å². The second-order valence-corrected chi connectivity index (χ2v) is 17.2. The molecule has 3 N–H and O–H groups in total. The van der Waals surface area contributed by atoms with Gasteiger partial charge in [0.15, 0.2) is 5.60 Å². The fourth-order valence-corrected chi connectivity index (χ4v) is 7.67. The third kappa shape index (κ3) is 10.7. The molecule has 1 aromatic carbocycles. The number of nitrogens with one attached hydrogen (secondary N) is 3. The molecule has 3 atom stereocenters. The van der Waals surface area contributed by atoms with Gasteiger partial charge in [0, 0.05) is 23.4 Å². The van der Waals surface area contributed by atoms with Crippen LogP contribution in [0.3, 0.4) is 0 Å². The van der Waals surface area contributed by atoms with Gasteiger partial charge in [-0.3, -0.25) is 19.1 Å². The number of rotatable bonds is 15. The van der Waals surface area contributed by atoms with Crippen LogP contribution in [0.4, 0.5) is 4.79 Å². The minimum Gasteiger partial charge on any atom is -0.444 e. The van der Waals surface area contributed by atoms with E-state index in [0.717, 1.165) is 24.8 Å². The Labute approximate surface area is 298 Å². The largest absolute Gasteiger partial charge is 0.444 e. The van der Waals surface area contributed by atoms with E-state index < -0.39 is 68.9 Å². The summed E-state index contributed by atoms with van der Waals surface area (Å²) in [6.45, 7) is 4.56. The van der Waals surface area contributed by atoms with Gasteiger partial charge in [-0.25, -0.2) is 13.2 Å². The predicted molar refractivity (Wildman–Crippen MR) is 188 cm³/mol. The summed E-state index contributed by atoms with van der Waals surface area (Å²) in [7, 11) is -3.80. The van der Waals surface area contributed by atoms with Crippen LogP contribution in [-0.2, 0) is 34.0 Å². The van der Waals surface area contributed by atoms with Gasteiger partial charge in [0.1, 0.15) is 17.7 Å². The molecule has 0 bridgehead atoms. The second kappa shape index (κ2) is 15.7. The Morgan fingerprint density at radius 1 is 1.14 bits per heavy atom. The zero-order valence-corrected chi connectivity index (χ0v) is 30.5. The van der Waals surface area contributed by atoms with Crippen LogP contribution in [0.15, 0.2) is 41.6 Å². The summed E-state index contributed by atoms with van der Waals surface area (Å²) in [6, 6.07) is 5.02. The van der Waals surface area contributed by atoms with Gasteiger partial charge in [-0.15, -0.1) is 0 Å². The van der Waals surface area contributed by atoms with Crippen LogP contribution >= 0.6 is 11.6 Å². The lowest BCUT2D eigenvalue weighted by atomic mass is 9.91. The third-order valence-electron chi connectivity index (χ3n) is 9.01. The Kier molecular flexibility index (Phi) is 11.8. The first kappa shape index (κ1) is 37.6. The molecule has 0 radical (unpaired) electrons. The monoisotopic (exact) mass is 733 g/mol. The maximum Gasteiger partial charge on any atom is 0.408 e. The summed E-state index contributed by atoms with van der Waals surface area (Å²) in [5.41, 5.74) is -0.516. The van der Waals surface area contributed by atoms with Gasteiger partial charge >= 0.3 is 6.09 Å². The summed E-state index contributed by atoms with van der Waals surface area (Å²) >= 11 is 6.21. The number of nitrogens with zero attached hydrogens (tertiary/aromatic N) is 2. The molecule has 0 aromatic heterocycles. The van der Waals surface area contributed by atoms with Crippen molar-refractivity contribution in [1.29, 1.82) is 0 Å². The van der Waals surface area contributed by atoms with Crippen molar-refractivity contribution in [3.05, 3.63) is 47.0 Å². The van der Waals surface area contributed by atoms with E-state index >= 15 is 0 Å². The molecule has 1 spiro atoms. The van der Waals surface area contributed by atoms with E-state index in [9.17, 15) is 27.6 Å². The van der Waals surface area contributed by atoms with E-state index in [0.29, 0.717) is 42.3 Å². The second-order valence-electron chi connectivity index (χ2n) is 14.8. The average Bonchev–Trinajstić information content (AvgIpc) is 3.98. The quantitative estimate of drug-likeness (QED) is 0.177. The van der Waals surface area contributed by atoms with Gasteiger partial charge in [-0.2, -0.15) is 0 Å². The molecule has 3 fully saturated rings. The SMILES string of the molecule is CC(C)(C)OC(=O)N[C@@H](CCCCCC=CC1CC1)C(=O)N1C[C@]2(CC(c3cccc(Cl)c3)=NO2)C[C@H]1C(=O)NCC(=O)NS(=O)(=O)C1CC1. The number of ether oxygens (including phenoxy) is 1. The predicted octanol–water partition coefficient (Wildman–Crippen LogP) is 4.34. The molecule has 50 heavy (non-hydrogen) atoms. The summed E-state index contributed by atoms with van der Waals surface area (Å²) < 4.78 is 32.0. The molecule has 5 rings (SSSR count). The number of amides is 4. The zero-order chi connectivity index (χ0) is 36.1. The van der Waals surface area contributed by atoms with E-state index in [1.807, 2.05) is 10.8 Å². The molecule has 4 amide bonds. The van der Waals surface area contributed by atoms with Crippen molar-refractivity contribution in [2.24, 2.45) is 11.1 Å². The normalized spacial score (nSPS) is 22.6. The van der Waals surface area contributed by atoms with Crippen LogP contribution in [0.2, 0.25) is 5.02 Å². The molecule has 13 nitrogen and oxygen atoms in total. The van der Waals surface area contributed by atoms with E-state index in [4.69, 9.17) is 21.2 Å². The lowest BCUT2D eigenvalue weighted by Crippen LogP contribution is -2.55. The molecule has 4 aliphatic rings. The number of alkyl carbamates (subject to hydrolysis) is 1. The lowest BCUT2D eigenvalue weighted by molar-refractivity contribution is -0.140. The van der Waals surface area contributed by atoms with Crippen molar-refractivity contribution in [2.75, 3.05) is 13.1 Å². The van der Waals surface area contributed by atoms with Crippen LogP contribution in [0.1, 0.15) is 97.0 Å². The van der Waals surface area contributed by atoms with Crippen LogP contribution in [0.25, 0.3) is 0 Å². The topological polar surface area (TPSA) is 173 Å². The van der Waals surface area contributed by atoms with Gasteiger partial charge in [0.2, 0.25) is 21.8 Å². The van der Waals surface area contributed by atoms with Crippen LogP contribution < -0.4 is 15.4 Å². The number of sulfonamides is 1. The smallest absolute Gasteiger partial charge is 0.408 e. The molecule has 2 heterocycles. The molecular formula is C35H48ClN5O8S. The maximum absolute atomic E-state index is 14.3. The van der Waals surface area contributed by atoms with Crippen LogP contribution in [0.5, 0.6) is 0 Å². The van der Waals surface area contributed by atoms with Crippen molar-refractivity contribution in [1.82, 2.24) is 20.3 Å². The molecule has 2 aliphatic carbocycles. The number of allylic oxidation sites excluding steroid dienone is 2. The summed E-state index contributed by atoms with van der Waals surface area (Å²) in [4.78, 5) is 60.8. The Morgan fingerprint density at radius 2 is 1.90 bits per heavy atom. The number of carbonyl (C=O) groups is 4. The molecular weight excluding hydrogens is 686 g/mol. The highest BCUT2D eigenvalue weighted by molar-refractivity contribution is 7.90. The number of hydrogen-bond acceptors (Lipinski definition) is 9. The number of halogens is 1. The summed E-state index contributed by atoms with van der Waals surface area (Å²) in [5.74, 6) is -1.32. The molecule has 2 aliphatic heterocycles. The summed E-state index contributed by atoms with van der Waals surface area (Å²) in [5, 5.41) is 9.45. The zero-order valence-electron chi connectivity index (χ0n) is 28.9. The van der Waals surface area contributed by atoms with Crippen molar-refractivity contribution in [2.45, 2.75) is 120 Å². The van der Waals surface area contributed by atoms with Crippen LogP contribution in [0, 0.1) is 5.92 Å². The average molecular weight is 734 g/mol. The minimum atomic E-state index is -3.80. The van der Waals surface area contributed by atoms with E-state index in [1.54, 1.807) is 39.0 Å². The molecule has 274 valence electrons. The first-order valence-corrected chi connectivity index (χ1v) is 19.4. The molecule has 1 saturated heterocycles. The Bertz CT molecular complexity index is 1620. The van der Waals surface area contributed by atoms with Crippen molar-refractivity contribution < 1.29 is 37.2 Å². The molecule has 0 unspecified atom stereocenters. The first-order chi connectivity index (χ1) is 23.6. The van der Waals surface area contributed by atoms with Crippen molar-refractivity contribution >= 4 is 51.2 Å². The summed E-state index contributed by atoms with van der Waals surface area (Å²) in [6.07, 6.45) is 11.2. The first-order valence-electron chi connectivity index (χ1n) is 17.4. The number of likely N-dealkylation sites (tertiary alicyclic amines) is 1. The highest BCUT2D eigenvalue weighted by atomic mass is 35.5. The van der Waals surface area contributed by atoms with Crippen molar-refractivity contribution in [3.63, 3.8) is 0 Å². The Hall–Kier alpha value is -3.65. The highest BCUT2D eigenvalue weighted by Crippen LogP contribution is 2.39. The van der Waals surface area contributed by atoms with Gasteiger partial charge in [-0.05, 0) is 83.8 Å². The fraction of sp³-hybridized carbons (Fsp3) is 0.629. The highest BCUT2D eigenvalue weighted by Gasteiger charge is 2.54. The van der Waals surface area contributed by atoms with E-state index in [1.165, 1.54) is 17.7 Å². The van der Waals surface area contributed by atoms with E-state index in [2.05, 4.69) is 27.9 Å². The van der Waals surface area contributed by atoms with Gasteiger partial charge in [-0.1, -0.05) is 53.9 Å². The number of unbranched alkanes of at least 4 members (excludes halogenated alkanes) is 3.